The zero-order chi connectivity index (χ0) is 18.0. The molecule has 24 heavy (non-hydrogen) atoms. The summed E-state index contributed by atoms with van der Waals surface area (Å²) in [7, 11) is -3.45. The molecule has 134 valence electrons. The van der Waals surface area contributed by atoms with Gasteiger partial charge in [-0.2, -0.15) is 4.31 Å². The first kappa shape index (κ1) is 18.9. The average Bonchev–Trinajstić information content (AvgIpc) is 2.45. The molecule has 1 saturated heterocycles. The second-order valence-corrected chi connectivity index (χ2v) is 9.86. The fourth-order valence-electron chi connectivity index (χ4n) is 2.91. The van der Waals surface area contributed by atoms with Crippen LogP contribution in [-0.2, 0) is 14.8 Å². The fraction of sp³-hybridized carbons (Fsp3) is 0.611. The van der Waals surface area contributed by atoms with E-state index in [1.165, 1.54) is 0 Å². The predicted octanol–water partition coefficient (Wildman–Crippen LogP) is 3.48. The van der Waals surface area contributed by atoms with Crippen molar-refractivity contribution < 1.29 is 13.2 Å². The molecule has 1 amide bonds. The van der Waals surface area contributed by atoms with Crippen LogP contribution < -0.4 is 5.32 Å². The highest BCUT2D eigenvalue weighted by Gasteiger charge is 2.28. The van der Waals surface area contributed by atoms with Crippen molar-refractivity contribution in [3.8, 4) is 0 Å². The highest BCUT2D eigenvalue weighted by Crippen LogP contribution is 2.25. The molecule has 1 aromatic carbocycles. The molecule has 0 aliphatic carbocycles. The van der Waals surface area contributed by atoms with Gasteiger partial charge in [0.15, 0.2) is 0 Å². The summed E-state index contributed by atoms with van der Waals surface area (Å²) in [6.07, 6.45) is 2.39. The summed E-state index contributed by atoms with van der Waals surface area (Å²) in [4.78, 5) is 12.2. The van der Waals surface area contributed by atoms with Crippen molar-refractivity contribution in [2.45, 2.75) is 51.9 Å². The highest BCUT2D eigenvalue weighted by atomic mass is 32.2. The Morgan fingerprint density at radius 2 is 1.88 bits per heavy atom. The molecule has 2 rings (SSSR count). The molecule has 1 fully saturated rings. The summed E-state index contributed by atoms with van der Waals surface area (Å²) in [6, 6.07) is 6.45. The molecule has 1 heterocycles. The van der Waals surface area contributed by atoms with Gasteiger partial charge in [-0.25, -0.2) is 8.42 Å². The number of nitrogens with one attached hydrogen (secondary N) is 1. The second kappa shape index (κ2) is 7.23. The molecule has 1 N–H and O–H groups in total. The Labute approximate surface area is 145 Å². The second-order valence-electron chi connectivity index (χ2n) is 7.92. The molecule has 0 bridgehead atoms. The van der Waals surface area contributed by atoms with Gasteiger partial charge in [0.1, 0.15) is 0 Å². The lowest BCUT2D eigenvalue weighted by Gasteiger charge is -2.30. The van der Waals surface area contributed by atoms with E-state index in [1.807, 2.05) is 20.8 Å². The van der Waals surface area contributed by atoms with Crippen LogP contribution in [0.4, 0.5) is 5.69 Å². The Kier molecular flexibility index (Phi) is 5.71. The van der Waals surface area contributed by atoms with Crippen molar-refractivity contribution in [3.63, 3.8) is 0 Å². The number of amides is 1. The molecular weight excluding hydrogens is 324 g/mol. The van der Waals surface area contributed by atoms with Crippen LogP contribution >= 0.6 is 0 Å². The SMILES string of the molecule is CC1CCCN(S(=O)(=O)c2ccc(NC(=O)CC(C)(C)C)cc2)C1. The van der Waals surface area contributed by atoms with Crippen LogP contribution in [0.1, 0.15) is 47.0 Å². The van der Waals surface area contributed by atoms with Gasteiger partial charge in [-0.15, -0.1) is 0 Å². The Morgan fingerprint density at radius 1 is 1.25 bits per heavy atom. The van der Waals surface area contributed by atoms with Gasteiger partial charge in [0.25, 0.3) is 0 Å². The van der Waals surface area contributed by atoms with Crippen molar-refractivity contribution >= 4 is 21.6 Å². The van der Waals surface area contributed by atoms with Crippen molar-refractivity contribution in [1.29, 1.82) is 0 Å². The summed E-state index contributed by atoms with van der Waals surface area (Å²) in [5.41, 5.74) is 0.536. The summed E-state index contributed by atoms with van der Waals surface area (Å²) in [6.45, 7) is 9.24. The van der Waals surface area contributed by atoms with Crippen LogP contribution in [-0.4, -0.2) is 31.7 Å². The van der Waals surface area contributed by atoms with Crippen LogP contribution in [0.25, 0.3) is 0 Å². The van der Waals surface area contributed by atoms with E-state index < -0.39 is 10.0 Å². The average molecular weight is 353 g/mol. The molecule has 1 atom stereocenters. The first-order chi connectivity index (χ1) is 11.1. The lowest BCUT2D eigenvalue weighted by atomic mass is 9.92. The molecule has 1 aliphatic rings. The molecule has 0 spiro atoms. The summed E-state index contributed by atoms with van der Waals surface area (Å²) >= 11 is 0. The molecule has 1 unspecified atom stereocenters. The number of sulfonamides is 1. The highest BCUT2D eigenvalue weighted by molar-refractivity contribution is 7.89. The molecule has 5 nitrogen and oxygen atoms in total. The summed E-state index contributed by atoms with van der Waals surface area (Å²) < 4.78 is 26.9. The van der Waals surface area contributed by atoms with Crippen molar-refractivity contribution in [2.75, 3.05) is 18.4 Å². The minimum Gasteiger partial charge on any atom is -0.326 e. The van der Waals surface area contributed by atoms with Crippen LogP contribution in [0.15, 0.2) is 29.2 Å². The number of hydrogen-bond acceptors (Lipinski definition) is 3. The van der Waals surface area contributed by atoms with E-state index in [0.29, 0.717) is 31.1 Å². The quantitative estimate of drug-likeness (QED) is 0.902. The largest absolute Gasteiger partial charge is 0.326 e. The third-order valence-corrected chi connectivity index (χ3v) is 5.97. The standard InChI is InChI=1S/C18H28N2O3S/c1-14-6-5-11-20(13-14)24(22,23)16-9-7-15(8-10-16)19-17(21)12-18(2,3)4/h7-10,14H,5-6,11-13H2,1-4H3,(H,19,21). The number of hydrogen-bond donors (Lipinski definition) is 1. The van der Waals surface area contributed by atoms with E-state index in [2.05, 4.69) is 12.2 Å². The van der Waals surface area contributed by atoms with Gasteiger partial charge in [0, 0.05) is 25.2 Å². The molecule has 0 radical (unpaired) electrons. The van der Waals surface area contributed by atoms with E-state index in [-0.39, 0.29) is 16.2 Å². The van der Waals surface area contributed by atoms with Gasteiger partial charge in [-0.1, -0.05) is 27.7 Å². The summed E-state index contributed by atoms with van der Waals surface area (Å²) in [5.74, 6) is 0.326. The minimum absolute atomic E-state index is 0.0667. The van der Waals surface area contributed by atoms with E-state index in [0.717, 1.165) is 12.8 Å². The normalized spacial score (nSPS) is 19.9. The van der Waals surface area contributed by atoms with Crippen molar-refractivity contribution in [1.82, 2.24) is 4.31 Å². The first-order valence-electron chi connectivity index (χ1n) is 8.48. The van der Waals surface area contributed by atoms with Gasteiger partial charge in [0.05, 0.1) is 4.90 Å². The Bertz CT molecular complexity index is 675. The first-order valence-corrected chi connectivity index (χ1v) is 9.92. The lowest BCUT2D eigenvalue weighted by Crippen LogP contribution is -2.39. The number of anilines is 1. The Balaban J connectivity index is 2.07. The number of piperidine rings is 1. The number of rotatable bonds is 4. The number of benzene rings is 1. The molecule has 0 aromatic heterocycles. The summed E-state index contributed by atoms with van der Waals surface area (Å²) in [5, 5.41) is 2.82. The van der Waals surface area contributed by atoms with Crippen molar-refractivity contribution in [3.05, 3.63) is 24.3 Å². The van der Waals surface area contributed by atoms with Crippen LogP contribution in [0.5, 0.6) is 0 Å². The molecule has 0 saturated carbocycles. The van der Waals surface area contributed by atoms with Gasteiger partial charge in [0.2, 0.25) is 15.9 Å². The molecule has 1 aliphatic heterocycles. The number of carbonyl (C=O) groups is 1. The third kappa shape index (κ3) is 5.05. The van der Waals surface area contributed by atoms with E-state index in [4.69, 9.17) is 0 Å². The molecule has 6 heteroatoms. The van der Waals surface area contributed by atoms with Crippen LogP contribution in [0.3, 0.4) is 0 Å². The number of carbonyl (C=O) groups excluding carboxylic acids is 1. The zero-order valence-electron chi connectivity index (χ0n) is 15.0. The monoisotopic (exact) mass is 352 g/mol. The van der Waals surface area contributed by atoms with Crippen molar-refractivity contribution in [2.24, 2.45) is 11.3 Å². The van der Waals surface area contributed by atoms with Gasteiger partial charge >= 0.3 is 0 Å². The predicted molar refractivity (Wildman–Crippen MR) is 96.3 cm³/mol. The van der Waals surface area contributed by atoms with E-state index in [9.17, 15) is 13.2 Å². The topological polar surface area (TPSA) is 66.5 Å². The molecular formula is C18H28N2O3S. The maximum absolute atomic E-state index is 12.7. The van der Waals surface area contributed by atoms with E-state index >= 15 is 0 Å². The lowest BCUT2D eigenvalue weighted by molar-refractivity contribution is -0.117. The van der Waals surface area contributed by atoms with Gasteiger partial charge in [-0.05, 0) is 48.4 Å². The van der Waals surface area contributed by atoms with Gasteiger partial charge in [-0.3, -0.25) is 4.79 Å². The van der Waals surface area contributed by atoms with E-state index in [1.54, 1.807) is 28.6 Å². The maximum atomic E-state index is 12.7. The number of nitrogens with zero attached hydrogens (tertiary/aromatic N) is 1. The van der Waals surface area contributed by atoms with Crippen LogP contribution in [0.2, 0.25) is 0 Å². The minimum atomic E-state index is -3.45. The van der Waals surface area contributed by atoms with Crippen LogP contribution in [0, 0.1) is 11.3 Å². The van der Waals surface area contributed by atoms with Gasteiger partial charge < -0.3 is 5.32 Å². The smallest absolute Gasteiger partial charge is 0.243 e. The molecule has 1 aromatic rings. The zero-order valence-corrected chi connectivity index (χ0v) is 15.8. The Morgan fingerprint density at radius 3 is 2.42 bits per heavy atom. The Hall–Kier alpha value is -1.40. The fourth-order valence-corrected chi connectivity index (χ4v) is 4.51. The maximum Gasteiger partial charge on any atom is 0.243 e. The third-order valence-electron chi connectivity index (χ3n) is 4.09.